The van der Waals surface area contributed by atoms with E-state index in [-0.39, 0.29) is 0 Å². The highest BCUT2D eigenvalue weighted by atomic mass is 28.4. The van der Waals surface area contributed by atoms with Gasteiger partial charge in [0, 0.05) is 27.3 Å². The molecule has 17 heavy (non-hydrogen) atoms. The van der Waals surface area contributed by atoms with Crippen molar-refractivity contribution in [3.63, 3.8) is 0 Å². The Kier molecular flexibility index (Phi) is 7.94. The second kappa shape index (κ2) is 8.33. The van der Waals surface area contributed by atoms with E-state index >= 15 is 0 Å². The van der Waals surface area contributed by atoms with E-state index in [0.717, 1.165) is 31.4 Å². The van der Waals surface area contributed by atoms with Crippen LogP contribution in [0, 0.1) is 0 Å². The first-order valence-corrected chi connectivity index (χ1v) is 8.43. The minimum atomic E-state index is -1.94. The summed E-state index contributed by atoms with van der Waals surface area (Å²) in [5.74, 6) is 0.795. The van der Waals surface area contributed by atoms with Crippen molar-refractivity contribution in [2.24, 2.45) is 5.73 Å². The summed E-state index contributed by atoms with van der Waals surface area (Å²) in [5.41, 5.74) is 5.91. The quantitative estimate of drug-likeness (QED) is 0.508. The molecule has 100 valence electrons. The number of nitrogens with two attached hydrogens (primary N) is 1. The van der Waals surface area contributed by atoms with Crippen LogP contribution in [0.4, 0.5) is 0 Å². The Balaban J connectivity index is 4.18. The molecule has 2 N–H and O–H groups in total. The van der Waals surface area contributed by atoms with Gasteiger partial charge < -0.3 is 19.5 Å². The topological polar surface area (TPSA) is 47.7 Å². The normalized spacial score (nSPS) is 12.6. The molecule has 0 amide bonds. The van der Waals surface area contributed by atoms with E-state index in [4.69, 9.17) is 14.6 Å². The van der Waals surface area contributed by atoms with Gasteiger partial charge in [-0.25, -0.2) is 0 Å². The van der Waals surface area contributed by atoms with Gasteiger partial charge in [0.25, 0.3) is 0 Å². The van der Waals surface area contributed by atoms with Crippen LogP contribution >= 0.6 is 0 Å². The number of nitrogens with zero attached hydrogens (tertiary/aromatic N) is 1. The van der Waals surface area contributed by atoms with Crippen molar-refractivity contribution in [1.82, 2.24) is 4.90 Å². The van der Waals surface area contributed by atoms with E-state index < -0.39 is 8.56 Å². The Labute approximate surface area is 106 Å². The second-order valence-electron chi connectivity index (χ2n) is 4.09. The highest BCUT2D eigenvalue weighted by Gasteiger charge is 2.27. The van der Waals surface area contributed by atoms with Gasteiger partial charge in [-0.15, -0.1) is 6.58 Å². The van der Waals surface area contributed by atoms with Gasteiger partial charge in [0.2, 0.25) is 0 Å². The molecule has 0 atom stereocenters. The minimum Gasteiger partial charge on any atom is -0.398 e. The van der Waals surface area contributed by atoms with Crippen LogP contribution in [0.1, 0.15) is 13.3 Å². The predicted octanol–water partition coefficient (Wildman–Crippen LogP) is 2.05. The molecule has 0 aromatic rings. The van der Waals surface area contributed by atoms with Crippen molar-refractivity contribution >= 4 is 8.56 Å². The number of allylic oxidation sites excluding steroid dienone is 1. The lowest BCUT2D eigenvalue weighted by molar-refractivity contribution is 0.245. The molecule has 4 nitrogen and oxygen atoms in total. The summed E-state index contributed by atoms with van der Waals surface area (Å²) in [4.78, 5) is 2.10. The standard InChI is InChI=1S/C12H26N2O2Si/c1-6-9-14(12(13)7-2)10-8-11-17(5,15-3)16-4/h6-7H,1,8-11,13H2,2-5H3. The molecule has 0 unspecified atom stereocenters. The molecule has 0 rings (SSSR count). The first kappa shape index (κ1) is 16.2. The lowest BCUT2D eigenvalue weighted by Gasteiger charge is -2.26. The third-order valence-corrected chi connectivity index (χ3v) is 5.92. The Morgan fingerprint density at radius 1 is 1.41 bits per heavy atom. The van der Waals surface area contributed by atoms with Crippen LogP contribution < -0.4 is 5.73 Å². The van der Waals surface area contributed by atoms with Gasteiger partial charge >= 0.3 is 8.56 Å². The SMILES string of the molecule is C=CCN(CCC[Si](C)(OC)OC)C(N)=CC. The van der Waals surface area contributed by atoms with Crippen molar-refractivity contribution in [2.45, 2.75) is 25.9 Å². The maximum atomic E-state index is 5.91. The smallest absolute Gasteiger partial charge is 0.334 e. The van der Waals surface area contributed by atoms with Crippen LogP contribution in [0.2, 0.25) is 12.6 Å². The first-order chi connectivity index (χ1) is 8.02. The van der Waals surface area contributed by atoms with Gasteiger partial charge in [0.1, 0.15) is 0 Å². The van der Waals surface area contributed by atoms with Gasteiger partial charge in [-0.05, 0) is 32.0 Å². The lowest BCUT2D eigenvalue weighted by Crippen LogP contribution is -2.37. The van der Waals surface area contributed by atoms with E-state index in [0.29, 0.717) is 0 Å². The van der Waals surface area contributed by atoms with Gasteiger partial charge in [0.15, 0.2) is 0 Å². The monoisotopic (exact) mass is 258 g/mol. The molecule has 0 aromatic carbocycles. The van der Waals surface area contributed by atoms with Crippen LogP contribution in [0.3, 0.4) is 0 Å². The highest BCUT2D eigenvalue weighted by Crippen LogP contribution is 2.14. The van der Waals surface area contributed by atoms with Crippen LogP contribution in [0.15, 0.2) is 24.6 Å². The van der Waals surface area contributed by atoms with Crippen molar-refractivity contribution < 1.29 is 8.85 Å². The van der Waals surface area contributed by atoms with Gasteiger partial charge in [-0.1, -0.05) is 6.08 Å². The highest BCUT2D eigenvalue weighted by molar-refractivity contribution is 6.65. The molecule has 0 bridgehead atoms. The summed E-state index contributed by atoms with van der Waals surface area (Å²) in [6.45, 7) is 9.43. The molecule has 0 spiro atoms. The zero-order valence-electron chi connectivity index (χ0n) is 11.5. The molecule has 0 saturated carbocycles. The third kappa shape index (κ3) is 5.91. The Morgan fingerprint density at radius 2 is 2.00 bits per heavy atom. The van der Waals surface area contributed by atoms with Gasteiger partial charge in [-0.2, -0.15) is 0 Å². The van der Waals surface area contributed by atoms with Crippen molar-refractivity contribution in [3.05, 3.63) is 24.6 Å². The fraction of sp³-hybridized carbons (Fsp3) is 0.667. The minimum absolute atomic E-state index is 0.772. The van der Waals surface area contributed by atoms with E-state index in [1.165, 1.54) is 0 Å². The maximum absolute atomic E-state index is 5.91. The zero-order valence-corrected chi connectivity index (χ0v) is 12.5. The molecule has 0 aliphatic carbocycles. The summed E-state index contributed by atoms with van der Waals surface area (Å²) in [6, 6.07) is 0.963. The summed E-state index contributed by atoms with van der Waals surface area (Å²) in [7, 11) is 1.49. The Hall–Kier alpha value is -0.783. The molecule has 0 aliphatic heterocycles. The van der Waals surface area contributed by atoms with Crippen LogP contribution in [0.5, 0.6) is 0 Å². The predicted molar refractivity (Wildman–Crippen MR) is 74.8 cm³/mol. The fourth-order valence-corrected chi connectivity index (χ4v) is 2.92. The fourth-order valence-electron chi connectivity index (χ4n) is 1.54. The third-order valence-electron chi connectivity index (χ3n) is 2.93. The average molecular weight is 258 g/mol. The molecule has 0 saturated heterocycles. The van der Waals surface area contributed by atoms with E-state index in [1.807, 2.05) is 19.1 Å². The summed E-state index contributed by atoms with van der Waals surface area (Å²) >= 11 is 0. The van der Waals surface area contributed by atoms with E-state index in [1.54, 1.807) is 14.2 Å². The van der Waals surface area contributed by atoms with E-state index in [9.17, 15) is 0 Å². The lowest BCUT2D eigenvalue weighted by atomic mass is 10.4. The summed E-state index contributed by atoms with van der Waals surface area (Å²) < 4.78 is 10.9. The van der Waals surface area contributed by atoms with Gasteiger partial charge in [0.05, 0.1) is 5.82 Å². The second-order valence-corrected chi connectivity index (χ2v) is 7.68. The van der Waals surface area contributed by atoms with E-state index in [2.05, 4.69) is 18.0 Å². The zero-order chi connectivity index (χ0) is 13.3. The summed E-state index contributed by atoms with van der Waals surface area (Å²) in [6.07, 6.45) is 4.78. The van der Waals surface area contributed by atoms with Crippen LogP contribution in [-0.2, 0) is 8.85 Å². The largest absolute Gasteiger partial charge is 0.398 e. The average Bonchev–Trinajstić information content (AvgIpc) is 2.36. The number of hydrogen-bond donors (Lipinski definition) is 1. The number of hydrogen-bond acceptors (Lipinski definition) is 4. The molecule has 0 radical (unpaired) electrons. The maximum Gasteiger partial charge on any atom is 0.334 e. The molecular weight excluding hydrogens is 232 g/mol. The first-order valence-electron chi connectivity index (χ1n) is 5.91. The molecule has 0 fully saturated rings. The Morgan fingerprint density at radius 3 is 2.41 bits per heavy atom. The molecule has 0 aliphatic rings. The molecule has 5 heteroatoms. The van der Waals surface area contributed by atoms with Crippen LogP contribution in [0.25, 0.3) is 0 Å². The molecule has 0 heterocycles. The van der Waals surface area contributed by atoms with Crippen LogP contribution in [-0.4, -0.2) is 40.8 Å². The number of rotatable bonds is 9. The molecule has 0 aromatic heterocycles. The Bertz CT molecular complexity index is 253. The van der Waals surface area contributed by atoms with Crippen molar-refractivity contribution in [2.75, 3.05) is 27.3 Å². The van der Waals surface area contributed by atoms with Crippen molar-refractivity contribution in [3.8, 4) is 0 Å². The summed E-state index contributed by atoms with van der Waals surface area (Å²) in [5, 5.41) is 0. The molecular formula is C12H26N2O2Si. The van der Waals surface area contributed by atoms with Crippen molar-refractivity contribution in [1.29, 1.82) is 0 Å². The van der Waals surface area contributed by atoms with Gasteiger partial charge in [-0.3, -0.25) is 0 Å².